The van der Waals surface area contributed by atoms with Gasteiger partial charge in [-0.15, -0.1) is 0 Å². The van der Waals surface area contributed by atoms with Crippen molar-refractivity contribution in [2.24, 2.45) is 0 Å². The van der Waals surface area contributed by atoms with Crippen molar-refractivity contribution in [3.05, 3.63) is 120 Å². The molecule has 5 rings (SSSR count). The Bertz CT molecular complexity index is 1180. The summed E-state index contributed by atoms with van der Waals surface area (Å²) in [7, 11) is 0. The SMILES string of the molecule is c1ccc2c(NCc3ccc(CNc4cccc5ccccc45)cc3)cccc2c1. The lowest BCUT2D eigenvalue weighted by atomic mass is 10.1. The number of benzene rings is 5. The molecule has 0 aliphatic carbocycles. The lowest BCUT2D eigenvalue weighted by Gasteiger charge is -2.12. The first kappa shape index (κ1) is 18.3. The van der Waals surface area contributed by atoms with E-state index in [-0.39, 0.29) is 0 Å². The normalized spacial score (nSPS) is 10.9. The topological polar surface area (TPSA) is 24.1 Å². The number of fused-ring (bicyclic) bond motifs is 2. The molecule has 146 valence electrons. The van der Waals surface area contributed by atoms with E-state index in [2.05, 4.69) is 120 Å². The minimum Gasteiger partial charge on any atom is -0.380 e. The lowest BCUT2D eigenvalue weighted by molar-refractivity contribution is 1.12. The molecular formula is C28H24N2. The Morgan fingerprint density at radius 1 is 0.400 bits per heavy atom. The van der Waals surface area contributed by atoms with Gasteiger partial charge < -0.3 is 10.6 Å². The second-order valence-corrected chi connectivity index (χ2v) is 7.58. The zero-order chi connectivity index (χ0) is 20.2. The summed E-state index contributed by atoms with van der Waals surface area (Å²) >= 11 is 0. The van der Waals surface area contributed by atoms with E-state index >= 15 is 0 Å². The van der Waals surface area contributed by atoms with Crippen LogP contribution in [-0.2, 0) is 13.1 Å². The molecule has 5 aromatic carbocycles. The molecule has 0 saturated heterocycles. The Kier molecular flexibility index (Phi) is 5.05. The molecule has 0 bridgehead atoms. The molecule has 0 aliphatic rings. The molecule has 0 saturated carbocycles. The van der Waals surface area contributed by atoms with E-state index in [0.717, 1.165) is 13.1 Å². The lowest BCUT2D eigenvalue weighted by Crippen LogP contribution is -2.02. The molecule has 0 unspecified atom stereocenters. The second-order valence-electron chi connectivity index (χ2n) is 7.58. The number of anilines is 2. The third-order valence-corrected chi connectivity index (χ3v) is 5.57. The fraction of sp³-hybridized carbons (Fsp3) is 0.0714. The van der Waals surface area contributed by atoms with E-state index in [1.807, 2.05) is 0 Å². The summed E-state index contributed by atoms with van der Waals surface area (Å²) in [6, 6.07) is 38.6. The molecule has 0 amide bonds. The molecule has 30 heavy (non-hydrogen) atoms. The van der Waals surface area contributed by atoms with Crippen LogP contribution in [0.15, 0.2) is 109 Å². The molecule has 0 fully saturated rings. The van der Waals surface area contributed by atoms with Crippen LogP contribution in [0, 0.1) is 0 Å². The molecular weight excluding hydrogens is 364 g/mol. The summed E-state index contributed by atoms with van der Waals surface area (Å²) in [5.41, 5.74) is 4.90. The van der Waals surface area contributed by atoms with Gasteiger partial charge in [-0.3, -0.25) is 0 Å². The molecule has 0 spiro atoms. The Morgan fingerprint density at radius 3 is 1.27 bits per heavy atom. The van der Waals surface area contributed by atoms with Crippen LogP contribution in [0.5, 0.6) is 0 Å². The number of nitrogens with one attached hydrogen (secondary N) is 2. The molecule has 2 nitrogen and oxygen atoms in total. The summed E-state index contributed by atoms with van der Waals surface area (Å²) < 4.78 is 0. The quantitative estimate of drug-likeness (QED) is 0.321. The Balaban J connectivity index is 1.24. The zero-order valence-electron chi connectivity index (χ0n) is 16.8. The van der Waals surface area contributed by atoms with Crippen LogP contribution in [0.25, 0.3) is 21.5 Å². The van der Waals surface area contributed by atoms with Gasteiger partial charge in [0.05, 0.1) is 0 Å². The predicted octanol–water partition coefficient (Wildman–Crippen LogP) is 7.22. The molecule has 0 atom stereocenters. The van der Waals surface area contributed by atoms with Crippen molar-refractivity contribution in [3.63, 3.8) is 0 Å². The molecule has 0 aliphatic heterocycles. The number of hydrogen-bond donors (Lipinski definition) is 2. The van der Waals surface area contributed by atoms with E-state index in [9.17, 15) is 0 Å². The van der Waals surface area contributed by atoms with Gasteiger partial charge in [0.15, 0.2) is 0 Å². The molecule has 2 N–H and O–H groups in total. The van der Waals surface area contributed by atoms with Gasteiger partial charge in [0.25, 0.3) is 0 Å². The average molecular weight is 389 g/mol. The van der Waals surface area contributed by atoms with Gasteiger partial charge in [0.1, 0.15) is 0 Å². The minimum absolute atomic E-state index is 0.811. The smallest absolute Gasteiger partial charge is 0.0422 e. The summed E-state index contributed by atoms with van der Waals surface area (Å²) in [5, 5.41) is 12.2. The number of hydrogen-bond acceptors (Lipinski definition) is 2. The van der Waals surface area contributed by atoms with Crippen molar-refractivity contribution in [1.29, 1.82) is 0 Å². The Morgan fingerprint density at radius 2 is 0.800 bits per heavy atom. The van der Waals surface area contributed by atoms with Gasteiger partial charge in [-0.1, -0.05) is 97.1 Å². The van der Waals surface area contributed by atoms with Crippen LogP contribution in [0.3, 0.4) is 0 Å². The Labute approximate surface area is 177 Å². The van der Waals surface area contributed by atoms with E-state index in [0.29, 0.717) is 0 Å². The summed E-state index contributed by atoms with van der Waals surface area (Å²) in [6.45, 7) is 1.62. The highest BCUT2D eigenvalue weighted by Gasteiger charge is 2.02. The summed E-state index contributed by atoms with van der Waals surface area (Å²) in [5.74, 6) is 0. The van der Waals surface area contributed by atoms with Crippen molar-refractivity contribution >= 4 is 32.9 Å². The summed E-state index contributed by atoms with van der Waals surface area (Å²) in [6.07, 6.45) is 0. The van der Waals surface area contributed by atoms with Crippen LogP contribution in [-0.4, -0.2) is 0 Å². The van der Waals surface area contributed by atoms with Crippen molar-refractivity contribution in [2.45, 2.75) is 13.1 Å². The van der Waals surface area contributed by atoms with Gasteiger partial charge in [-0.05, 0) is 34.0 Å². The Hall–Kier alpha value is -3.78. The minimum atomic E-state index is 0.811. The van der Waals surface area contributed by atoms with Crippen molar-refractivity contribution in [3.8, 4) is 0 Å². The van der Waals surface area contributed by atoms with Gasteiger partial charge in [-0.2, -0.15) is 0 Å². The van der Waals surface area contributed by atoms with E-state index in [1.165, 1.54) is 44.0 Å². The molecule has 2 heteroatoms. The van der Waals surface area contributed by atoms with E-state index in [4.69, 9.17) is 0 Å². The largest absolute Gasteiger partial charge is 0.380 e. The van der Waals surface area contributed by atoms with Crippen molar-refractivity contribution in [2.75, 3.05) is 10.6 Å². The van der Waals surface area contributed by atoms with Crippen LogP contribution in [0.2, 0.25) is 0 Å². The van der Waals surface area contributed by atoms with Gasteiger partial charge in [0.2, 0.25) is 0 Å². The molecule has 0 radical (unpaired) electrons. The fourth-order valence-electron chi connectivity index (χ4n) is 3.93. The van der Waals surface area contributed by atoms with Crippen LogP contribution in [0.1, 0.15) is 11.1 Å². The van der Waals surface area contributed by atoms with Crippen LogP contribution >= 0.6 is 0 Å². The molecule has 0 aromatic heterocycles. The van der Waals surface area contributed by atoms with Gasteiger partial charge in [-0.25, -0.2) is 0 Å². The van der Waals surface area contributed by atoms with E-state index in [1.54, 1.807) is 0 Å². The second kappa shape index (κ2) is 8.30. The predicted molar refractivity (Wildman–Crippen MR) is 129 cm³/mol. The zero-order valence-corrected chi connectivity index (χ0v) is 16.8. The van der Waals surface area contributed by atoms with Gasteiger partial charge in [0, 0.05) is 35.2 Å². The first-order valence-electron chi connectivity index (χ1n) is 10.4. The highest BCUT2D eigenvalue weighted by Crippen LogP contribution is 2.25. The summed E-state index contributed by atoms with van der Waals surface area (Å²) in [4.78, 5) is 0. The van der Waals surface area contributed by atoms with Crippen LogP contribution < -0.4 is 10.6 Å². The first-order valence-corrected chi connectivity index (χ1v) is 10.4. The molecule has 5 aromatic rings. The maximum Gasteiger partial charge on any atom is 0.0422 e. The fourth-order valence-corrected chi connectivity index (χ4v) is 3.93. The van der Waals surface area contributed by atoms with Gasteiger partial charge >= 0.3 is 0 Å². The highest BCUT2D eigenvalue weighted by molar-refractivity contribution is 5.94. The maximum atomic E-state index is 3.59. The van der Waals surface area contributed by atoms with Crippen LogP contribution in [0.4, 0.5) is 11.4 Å². The third kappa shape index (κ3) is 3.85. The average Bonchev–Trinajstić information content (AvgIpc) is 2.82. The standard InChI is InChI=1S/C28H24N2/c1-3-11-25-23(7-1)9-5-13-27(25)29-19-21-15-17-22(18-16-21)20-30-28-14-6-10-24-8-2-4-12-26(24)28/h1-18,29-30H,19-20H2. The monoisotopic (exact) mass is 388 g/mol. The van der Waals surface area contributed by atoms with Crippen molar-refractivity contribution < 1.29 is 0 Å². The third-order valence-electron chi connectivity index (χ3n) is 5.57. The molecule has 0 heterocycles. The maximum absolute atomic E-state index is 3.59. The van der Waals surface area contributed by atoms with Crippen molar-refractivity contribution in [1.82, 2.24) is 0 Å². The first-order chi connectivity index (χ1) is 14.9. The van der Waals surface area contributed by atoms with E-state index < -0.39 is 0 Å². The number of rotatable bonds is 6. The highest BCUT2D eigenvalue weighted by atomic mass is 14.9.